The predicted octanol–water partition coefficient (Wildman–Crippen LogP) is 0.00570. The van der Waals surface area contributed by atoms with Crippen LogP contribution in [0.5, 0.6) is 0 Å². The number of carbonyl (C=O) groups is 1. The molecule has 1 atom stereocenters. The van der Waals surface area contributed by atoms with Gasteiger partial charge in [-0.25, -0.2) is 4.98 Å². The summed E-state index contributed by atoms with van der Waals surface area (Å²) in [5.41, 5.74) is 0.743. The van der Waals surface area contributed by atoms with Crippen LogP contribution in [0.4, 0.5) is 0 Å². The first-order valence-electron chi connectivity index (χ1n) is 8.03. The van der Waals surface area contributed by atoms with Crippen LogP contribution in [0.1, 0.15) is 38.4 Å². The van der Waals surface area contributed by atoms with Crippen molar-refractivity contribution in [1.29, 1.82) is 0 Å². The Morgan fingerprint density at radius 1 is 1.50 bits per heavy atom. The van der Waals surface area contributed by atoms with Crippen molar-refractivity contribution in [2.45, 2.75) is 33.4 Å². The van der Waals surface area contributed by atoms with Crippen LogP contribution in [0, 0.1) is 0 Å². The van der Waals surface area contributed by atoms with E-state index in [1.807, 2.05) is 13.8 Å². The molecule has 9 nitrogen and oxygen atoms in total. The lowest BCUT2D eigenvalue weighted by molar-refractivity contribution is -0.119. The molecule has 0 spiro atoms. The summed E-state index contributed by atoms with van der Waals surface area (Å²) in [5.74, 6) is 0.436. The second kappa shape index (κ2) is 8.06. The minimum absolute atomic E-state index is 0.128. The number of amides is 1. The van der Waals surface area contributed by atoms with E-state index in [0.29, 0.717) is 38.6 Å². The summed E-state index contributed by atoms with van der Waals surface area (Å²) in [6.45, 7) is 7.14. The van der Waals surface area contributed by atoms with Gasteiger partial charge < -0.3 is 15.0 Å². The van der Waals surface area contributed by atoms with Crippen molar-refractivity contribution >= 4 is 16.1 Å². The van der Waals surface area contributed by atoms with Crippen LogP contribution >= 0.6 is 0 Å². The Morgan fingerprint density at radius 2 is 2.21 bits per heavy atom. The minimum Gasteiger partial charge on any atom is -0.368 e. The Balaban J connectivity index is 2.06. The van der Waals surface area contributed by atoms with E-state index in [-0.39, 0.29) is 12.5 Å². The summed E-state index contributed by atoms with van der Waals surface area (Å²) in [7, 11) is -3.49. The van der Waals surface area contributed by atoms with Gasteiger partial charge in [-0.05, 0) is 0 Å². The summed E-state index contributed by atoms with van der Waals surface area (Å²) >= 11 is 0. The summed E-state index contributed by atoms with van der Waals surface area (Å²) in [4.78, 5) is 18.3. The second-order valence-electron chi connectivity index (χ2n) is 5.51. The monoisotopic (exact) mass is 359 g/mol. The van der Waals surface area contributed by atoms with Crippen LogP contribution in [0.2, 0.25) is 0 Å². The number of carbonyl (C=O) groups excluding carboxylic acids is 1. The normalized spacial score (nSPS) is 19.6. The Bertz CT molecular complexity index is 656. The molecule has 1 aliphatic rings. The van der Waals surface area contributed by atoms with Crippen molar-refractivity contribution in [2.75, 3.05) is 32.8 Å². The average Bonchev–Trinajstić information content (AvgIpc) is 3.03. The molecule has 2 N–H and O–H groups in total. The zero-order chi connectivity index (χ0) is 17.7. The number of morpholine rings is 1. The lowest BCUT2D eigenvalue weighted by atomic mass is 10.3. The first-order chi connectivity index (χ1) is 11.4. The van der Waals surface area contributed by atoms with E-state index in [9.17, 15) is 13.2 Å². The lowest BCUT2D eigenvalue weighted by Gasteiger charge is -2.34. The maximum Gasteiger partial charge on any atom is 0.282 e. The quantitative estimate of drug-likeness (QED) is 0.713. The molecule has 1 aromatic heterocycles. The number of hydrogen-bond acceptors (Lipinski definition) is 5. The summed E-state index contributed by atoms with van der Waals surface area (Å²) in [5, 5.41) is 2.68. The Kier molecular flexibility index (Phi) is 6.33. The molecule has 136 valence electrons. The standard InChI is InChI=1S/C14H25N5O4S/c1-4-18(5-2)24(21,22)19-6-7-23-13(10-19)14-16-9-12(17-14)8-15-11(3)20/h9,13H,4-8,10H2,1-3H3,(H,15,20)(H,16,17). The van der Waals surface area contributed by atoms with Crippen LogP contribution in [0.15, 0.2) is 6.20 Å². The Hall–Kier alpha value is -1.49. The highest BCUT2D eigenvalue weighted by atomic mass is 32.2. The van der Waals surface area contributed by atoms with Gasteiger partial charge in [-0.1, -0.05) is 13.8 Å². The van der Waals surface area contributed by atoms with E-state index in [2.05, 4.69) is 15.3 Å². The van der Waals surface area contributed by atoms with Gasteiger partial charge in [0.15, 0.2) is 0 Å². The Labute approximate surface area is 142 Å². The molecule has 1 unspecified atom stereocenters. The number of nitrogens with one attached hydrogen (secondary N) is 2. The second-order valence-corrected chi connectivity index (χ2v) is 7.44. The van der Waals surface area contributed by atoms with Crippen molar-refractivity contribution in [3.8, 4) is 0 Å². The van der Waals surface area contributed by atoms with E-state index in [1.54, 1.807) is 6.20 Å². The van der Waals surface area contributed by atoms with E-state index < -0.39 is 16.3 Å². The molecule has 0 aliphatic carbocycles. The zero-order valence-corrected chi connectivity index (χ0v) is 15.1. The summed E-state index contributed by atoms with van der Waals surface area (Å²) in [6, 6.07) is 0. The van der Waals surface area contributed by atoms with E-state index in [4.69, 9.17) is 4.74 Å². The van der Waals surface area contributed by atoms with Gasteiger partial charge in [-0.2, -0.15) is 17.0 Å². The first kappa shape index (κ1) is 18.8. The fourth-order valence-corrected chi connectivity index (χ4v) is 4.17. The number of ether oxygens (including phenoxy) is 1. The molecule has 2 rings (SSSR count). The highest BCUT2D eigenvalue weighted by molar-refractivity contribution is 7.86. The largest absolute Gasteiger partial charge is 0.368 e. The van der Waals surface area contributed by atoms with Gasteiger partial charge in [-0.15, -0.1) is 0 Å². The third-order valence-electron chi connectivity index (χ3n) is 3.87. The number of aromatic nitrogens is 2. The molecule has 1 amide bonds. The Morgan fingerprint density at radius 3 is 2.83 bits per heavy atom. The van der Waals surface area contributed by atoms with Crippen molar-refractivity contribution in [3.05, 3.63) is 17.7 Å². The molecule has 1 aliphatic heterocycles. The average molecular weight is 359 g/mol. The third-order valence-corrected chi connectivity index (χ3v) is 6.02. The molecule has 0 radical (unpaired) electrons. The highest BCUT2D eigenvalue weighted by Crippen LogP contribution is 2.23. The van der Waals surface area contributed by atoms with Crippen LogP contribution in [0.25, 0.3) is 0 Å². The molecular weight excluding hydrogens is 334 g/mol. The van der Waals surface area contributed by atoms with Crippen LogP contribution in [-0.2, 0) is 26.3 Å². The SMILES string of the molecule is CCN(CC)S(=O)(=O)N1CCOC(c2ncc(CNC(C)=O)[nH]2)C1. The van der Waals surface area contributed by atoms with E-state index in [1.165, 1.54) is 15.5 Å². The maximum absolute atomic E-state index is 12.6. The van der Waals surface area contributed by atoms with Crippen molar-refractivity contribution < 1.29 is 17.9 Å². The molecule has 0 bridgehead atoms. The van der Waals surface area contributed by atoms with Gasteiger partial charge >= 0.3 is 0 Å². The van der Waals surface area contributed by atoms with Gasteiger partial charge in [0.05, 0.1) is 25.0 Å². The zero-order valence-electron chi connectivity index (χ0n) is 14.3. The third kappa shape index (κ3) is 4.32. The molecular formula is C14H25N5O4S. The molecule has 1 aromatic rings. The predicted molar refractivity (Wildman–Crippen MR) is 88.2 cm³/mol. The number of imidazole rings is 1. The van der Waals surface area contributed by atoms with Gasteiger partial charge in [0, 0.05) is 33.1 Å². The van der Waals surface area contributed by atoms with E-state index >= 15 is 0 Å². The number of hydrogen-bond donors (Lipinski definition) is 2. The van der Waals surface area contributed by atoms with E-state index in [0.717, 1.165) is 5.69 Å². The summed E-state index contributed by atoms with van der Waals surface area (Å²) < 4.78 is 33.8. The van der Waals surface area contributed by atoms with Crippen LogP contribution in [0.3, 0.4) is 0 Å². The number of rotatable bonds is 7. The smallest absolute Gasteiger partial charge is 0.282 e. The van der Waals surface area contributed by atoms with Crippen LogP contribution < -0.4 is 5.32 Å². The van der Waals surface area contributed by atoms with Gasteiger partial charge in [-0.3, -0.25) is 4.79 Å². The maximum atomic E-state index is 12.6. The molecule has 2 heterocycles. The van der Waals surface area contributed by atoms with Crippen molar-refractivity contribution in [3.63, 3.8) is 0 Å². The fraction of sp³-hybridized carbons (Fsp3) is 0.714. The van der Waals surface area contributed by atoms with Crippen molar-refractivity contribution in [1.82, 2.24) is 23.9 Å². The topological polar surface area (TPSA) is 108 Å². The number of H-pyrrole nitrogens is 1. The molecule has 1 fully saturated rings. The molecule has 24 heavy (non-hydrogen) atoms. The minimum atomic E-state index is -3.49. The van der Waals surface area contributed by atoms with Gasteiger partial charge in [0.25, 0.3) is 10.2 Å². The fourth-order valence-electron chi connectivity index (χ4n) is 2.56. The highest BCUT2D eigenvalue weighted by Gasteiger charge is 2.34. The lowest BCUT2D eigenvalue weighted by Crippen LogP contribution is -2.49. The van der Waals surface area contributed by atoms with Gasteiger partial charge in [0.2, 0.25) is 5.91 Å². The molecule has 10 heteroatoms. The molecule has 0 saturated carbocycles. The molecule has 1 saturated heterocycles. The summed E-state index contributed by atoms with van der Waals surface area (Å²) in [6.07, 6.45) is 1.17. The number of aromatic amines is 1. The molecule has 0 aromatic carbocycles. The van der Waals surface area contributed by atoms with Crippen LogP contribution in [-0.4, -0.2) is 65.7 Å². The van der Waals surface area contributed by atoms with Crippen molar-refractivity contribution in [2.24, 2.45) is 0 Å². The first-order valence-corrected chi connectivity index (χ1v) is 9.43. The van der Waals surface area contributed by atoms with Gasteiger partial charge in [0.1, 0.15) is 11.9 Å². The number of nitrogens with zero attached hydrogens (tertiary/aromatic N) is 3.